The lowest BCUT2D eigenvalue weighted by atomic mass is 9.95. The second-order valence-electron chi connectivity index (χ2n) is 8.24. The number of esters is 1. The van der Waals surface area contributed by atoms with Crippen molar-refractivity contribution in [3.63, 3.8) is 0 Å². The van der Waals surface area contributed by atoms with E-state index >= 15 is 0 Å². The molecular formula is C19H34O6Si. The Morgan fingerprint density at radius 1 is 1.15 bits per heavy atom. The number of unbranched alkanes of at least 4 members (excludes halogenated alkanes) is 1. The summed E-state index contributed by atoms with van der Waals surface area (Å²) in [6.45, 7) is 12.8. The number of carbonyl (C=O) groups excluding carboxylic acids is 1. The SMILES string of the molecule is CCCCOC(C)(C)C#CC[C@@](O)(CC(=O)O)C(=O)OCC[Si](C)(C)C. The summed E-state index contributed by atoms with van der Waals surface area (Å²) in [5, 5.41) is 19.5. The Kier molecular flexibility index (Phi) is 10.1. The molecule has 0 aromatic heterocycles. The van der Waals surface area contributed by atoms with Crippen molar-refractivity contribution in [2.75, 3.05) is 13.2 Å². The molecule has 0 fully saturated rings. The van der Waals surface area contributed by atoms with Crippen LogP contribution in [0.1, 0.15) is 46.5 Å². The van der Waals surface area contributed by atoms with Gasteiger partial charge in [0.2, 0.25) is 0 Å². The zero-order valence-corrected chi connectivity index (χ0v) is 18.0. The molecule has 7 heteroatoms. The first-order chi connectivity index (χ1) is 11.8. The zero-order chi connectivity index (χ0) is 20.4. The lowest BCUT2D eigenvalue weighted by Crippen LogP contribution is -2.42. The van der Waals surface area contributed by atoms with Crippen molar-refractivity contribution in [1.29, 1.82) is 0 Å². The molecule has 0 aromatic carbocycles. The standard InChI is InChI=1S/C19H34O6Si/c1-7-8-12-25-18(2,3)10-9-11-19(23,15-16(20)21)17(22)24-13-14-26(4,5)6/h23H,7-8,11-15H2,1-6H3,(H,20,21)/t19-/m1/s1. The zero-order valence-electron chi connectivity index (χ0n) is 17.0. The number of rotatable bonds is 11. The van der Waals surface area contributed by atoms with Crippen LogP contribution in [0, 0.1) is 11.8 Å². The molecule has 0 bridgehead atoms. The number of aliphatic carboxylic acids is 1. The minimum absolute atomic E-state index is 0.176. The molecule has 0 spiro atoms. The second-order valence-corrected chi connectivity index (χ2v) is 13.9. The fourth-order valence-corrected chi connectivity index (χ4v) is 2.67. The Morgan fingerprint density at radius 3 is 2.27 bits per heavy atom. The van der Waals surface area contributed by atoms with Crippen LogP contribution in [0.4, 0.5) is 0 Å². The van der Waals surface area contributed by atoms with Gasteiger partial charge in [0.05, 0.1) is 13.0 Å². The van der Waals surface area contributed by atoms with Gasteiger partial charge in [-0.25, -0.2) is 4.79 Å². The van der Waals surface area contributed by atoms with E-state index in [0.717, 1.165) is 18.9 Å². The molecule has 0 heterocycles. The number of carbonyl (C=O) groups is 2. The summed E-state index contributed by atoms with van der Waals surface area (Å²) >= 11 is 0. The quantitative estimate of drug-likeness (QED) is 0.245. The molecular weight excluding hydrogens is 352 g/mol. The number of hydrogen-bond acceptors (Lipinski definition) is 5. The smallest absolute Gasteiger partial charge is 0.339 e. The molecule has 0 aliphatic heterocycles. The van der Waals surface area contributed by atoms with Crippen LogP contribution in [0.3, 0.4) is 0 Å². The van der Waals surface area contributed by atoms with Crippen molar-refractivity contribution in [2.45, 2.75) is 83.3 Å². The summed E-state index contributed by atoms with van der Waals surface area (Å²) < 4.78 is 10.8. The monoisotopic (exact) mass is 386 g/mol. The highest BCUT2D eigenvalue weighted by molar-refractivity contribution is 6.76. The van der Waals surface area contributed by atoms with Crippen LogP contribution in [0.25, 0.3) is 0 Å². The first kappa shape index (κ1) is 24.6. The highest BCUT2D eigenvalue weighted by atomic mass is 28.3. The largest absolute Gasteiger partial charge is 0.481 e. The van der Waals surface area contributed by atoms with E-state index in [1.54, 1.807) is 13.8 Å². The van der Waals surface area contributed by atoms with Crippen LogP contribution in [0.15, 0.2) is 0 Å². The highest BCUT2D eigenvalue weighted by Crippen LogP contribution is 2.19. The summed E-state index contributed by atoms with van der Waals surface area (Å²) in [6, 6.07) is 0.742. The fraction of sp³-hybridized carbons (Fsp3) is 0.789. The lowest BCUT2D eigenvalue weighted by molar-refractivity contribution is -0.170. The molecule has 1 atom stereocenters. The minimum atomic E-state index is -2.15. The van der Waals surface area contributed by atoms with Gasteiger partial charge in [0.15, 0.2) is 5.60 Å². The second kappa shape index (κ2) is 10.7. The first-order valence-corrected chi connectivity index (χ1v) is 12.8. The van der Waals surface area contributed by atoms with E-state index in [0.29, 0.717) is 6.61 Å². The van der Waals surface area contributed by atoms with Gasteiger partial charge in [-0.3, -0.25) is 4.79 Å². The predicted molar refractivity (Wildman–Crippen MR) is 104 cm³/mol. The summed E-state index contributed by atoms with van der Waals surface area (Å²) in [5.41, 5.74) is -2.89. The van der Waals surface area contributed by atoms with E-state index < -0.39 is 37.6 Å². The van der Waals surface area contributed by atoms with Gasteiger partial charge in [-0.1, -0.05) is 44.8 Å². The molecule has 6 nitrogen and oxygen atoms in total. The molecule has 0 aliphatic carbocycles. The first-order valence-electron chi connectivity index (χ1n) is 9.07. The predicted octanol–water partition coefficient (Wildman–Crippen LogP) is 3.06. The van der Waals surface area contributed by atoms with Gasteiger partial charge in [-0.05, 0) is 26.3 Å². The normalized spacial score (nSPS) is 14.1. The number of aliphatic hydroxyl groups is 1. The van der Waals surface area contributed by atoms with Gasteiger partial charge in [0.25, 0.3) is 0 Å². The molecule has 150 valence electrons. The lowest BCUT2D eigenvalue weighted by Gasteiger charge is -2.24. The molecule has 0 aromatic rings. The van der Waals surface area contributed by atoms with Gasteiger partial charge in [0, 0.05) is 21.1 Å². The Bertz CT molecular complexity index is 526. The van der Waals surface area contributed by atoms with Gasteiger partial charge in [-0.15, -0.1) is 0 Å². The number of ether oxygens (including phenoxy) is 2. The van der Waals surface area contributed by atoms with E-state index in [2.05, 4.69) is 38.4 Å². The van der Waals surface area contributed by atoms with Crippen LogP contribution in [-0.2, 0) is 19.1 Å². The highest BCUT2D eigenvalue weighted by Gasteiger charge is 2.39. The fourth-order valence-electron chi connectivity index (χ4n) is 1.95. The third-order valence-corrected chi connectivity index (χ3v) is 5.34. The average Bonchev–Trinajstić information content (AvgIpc) is 2.44. The van der Waals surface area contributed by atoms with Crippen molar-refractivity contribution in [3.8, 4) is 11.8 Å². The maximum absolute atomic E-state index is 12.2. The minimum Gasteiger partial charge on any atom is -0.481 e. The van der Waals surface area contributed by atoms with Crippen molar-refractivity contribution >= 4 is 20.0 Å². The van der Waals surface area contributed by atoms with Crippen molar-refractivity contribution in [3.05, 3.63) is 0 Å². The van der Waals surface area contributed by atoms with Crippen LogP contribution in [-0.4, -0.2) is 54.6 Å². The molecule has 0 unspecified atom stereocenters. The Hall–Kier alpha value is -1.36. The van der Waals surface area contributed by atoms with Gasteiger partial charge in [-0.2, -0.15) is 0 Å². The summed E-state index contributed by atoms with van der Waals surface area (Å²) in [6.07, 6.45) is 0.860. The van der Waals surface area contributed by atoms with E-state index in [9.17, 15) is 14.7 Å². The molecule has 0 rings (SSSR count). The van der Waals surface area contributed by atoms with Crippen molar-refractivity contribution in [1.82, 2.24) is 0 Å². The molecule has 2 N–H and O–H groups in total. The van der Waals surface area contributed by atoms with E-state index in [1.165, 1.54) is 0 Å². The Balaban J connectivity index is 4.94. The van der Waals surface area contributed by atoms with E-state index in [-0.39, 0.29) is 13.0 Å². The van der Waals surface area contributed by atoms with Gasteiger partial charge < -0.3 is 19.7 Å². The van der Waals surface area contributed by atoms with Crippen LogP contribution < -0.4 is 0 Å². The molecule has 26 heavy (non-hydrogen) atoms. The molecule has 0 saturated carbocycles. The number of carboxylic acid groups (broad SMARTS) is 1. The average molecular weight is 387 g/mol. The summed E-state index contributed by atoms with van der Waals surface area (Å²) in [7, 11) is -1.40. The Labute approximate surface area is 158 Å². The van der Waals surface area contributed by atoms with E-state index in [1.807, 2.05) is 0 Å². The van der Waals surface area contributed by atoms with Crippen molar-refractivity contribution < 1.29 is 29.3 Å². The Morgan fingerprint density at radius 2 is 1.77 bits per heavy atom. The summed E-state index contributed by atoms with van der Waals surface area (Å²) in [5.74, 6) is 3.35. The maximum atomic E-state index is 12.2. The molecule has 0 amide bonds. The number of carboxylic acids is 1. The third-order valence-electron chi connectivity index (χ3n) is 3.64. The third kappa shape index (κ3) is 11.3. The van der Waals surface area contributed by atoms with Crippen LogP contribution in [0.5, 0.6) is 0 Å². The summed E-state index contributed by atoms with van der Waals surface area (Å²) in [4.78, 5) is 23.3. The van der Waals surface area contributed by atoms with Crippen LogP contribution >= 0.6 is 0 Å². The molecule has 0 saturated heterocycles. The van der Waals surface area contributed by atoms with Gasteiger partial charge in [0.1, 0.15) is 5.60 Å². The number of hydrogen-bond donors (Lipinski definition) is 2. The van der Waals surface area contributed by atoms with E-state index in [4.69, 9.17) is 14.6 Å². The topological polar surface area (TPSA) is 93.1 Å². The molecule has 0 radical (unpaired) electrons. The van der Waals surface area contributed by atoms with Crippen LogP contribution in [0.2, 0.25) is 25.7 Å². The van der Waals surface area contributed by atoms with Gasteiger partial charge >= 0.3 is 11.9 Å². The maximum Gasteiger partial charge on any atom is 0.339 e. The molecule has 0 aliphatic rings. The van der Waals surface area contributed by atoms with Crippen molar-refractivity contribution in [2.24, 2.45) is 0 Å².